The van der Waals surface area contributed by atoms with Crippen LogP contribution in [0.25, 0.3) is 0 Å². The van der Waals surface area contributed by atoms with Crippen molar-refractivity contribution in [3.63, 3.8) is 0 Å². The van der Waals surface area contributed by atoms with Crippen LogP contribution in [0.5, 0.6) is 17.2 Å². The number of carbonyl (C=O) groups excluding carboxylic acids is 1. The molecule has 0 aromatic heterocycles. The van der Waals surface area contributed by atoms with E-state index in [9.17, 15) is 4.79 Å². The van der Waals surface area contributed by atoms with Gasteiger partial charge in [-0.3, -0.25) is 9.69 Å². The summed E-state index contributed by atoms with van der Waals surface area (Å²) in [5.74, 6) is 1.76. The quantitative estimate of drug-likeness (QED) is 0.383. The normalized spacial score (nSPS) is 16.4. The van der Waals surface area contributed by atoms with E-state index in [1.807, 2.05) is 18.2 Å². The molecule has 32 heavy (non-hydrogen) atoms. The van der Waals surface area contributed by atoms with Gasteiger partial charge in [0.05, 0.1) is 27.9 Å². The Morgan fingerprint density at radius 1 is 0.938 bits per heavy atom. The third kappa shape index (κ3) is 6.39. The van der Waals surface area contributed by atoms with Crippen molar-refractivity contribution in [1.29, 1.82) is 0 Å². The van der Waals surface area contributed by atoms with Crippen LogP contribution in [0.4, 0.5) is 0 Å². The van der Waals surface area contributed by atoms with Crippen molar-refractivity contribution in [2.45, 2.75) is 44.6 Å². The monoisotopic (exact) mass is 441 g/mol. The standard InChI is InChI=1S/C26H35NO5/c1-29-23-18-21(19-24(30-2)25(23)31-3)12-9-17-32-26(28)22-13-7-8-15-27(22)16-14-20-10-5-4-6-11-20/h4-6,10-11,18-19,22H,7-9,12-17H2,1-3H3. The van der Waals surface area contributed by atoms with E-state index in [0.29, 0.717) is 23.9 Å². The number of ether oxygens (including phenoxy) is 4. The fourth-order valence-electron chi connectivity index (χ4n) is 4.27. The Hall–Kier alpha value is -2.73. The number of esters is 1. The summed E-state index contributed by atoms with van der Waals surface area (Å²) in [6.07, 6.45) is 5.53. The predicted molar refractivity (Wildman–Crippen MR) is 125 cm³/mol. The number of carbonyl (C=O) groups is 1. The summed E-state index contributed by atoms with van der Waals surface area (Å²) >= 11 is 0. The van der Waals surface area contributed by atoms with E-state index >= 15 is 0 Å². The third-order valence-electron chi connectivity index (χ3n) is 5.99. The highest BCUT2D eigenvalue weighted by Gasteiger charge is 2.29. The van der Waals surface area contributed by atoms with E-state index in [0.717, 1.165) is 57.2 Å². The highest BCUT2D eigenvalue weighted by Crippen LogP contribution is 2.38. The molecule has 0 N–H and O–H groups in total. The van der Waals surface area contributed by atoms with Crippen LogP contribution in [-0.4, -0.2) is 57.9 Å². The van der Waals surface area contributed by atoms with Crippen LogP contribution in [0, 0.1) is 0 Å². The smallest absolute Gasteiger partial charge is 0.323 e. The summed E-state index contributed by atoms with van der Waals surface area (Å²) in [5.41, 5.74) is 2.35. The van der Waals surface area contributed by atoms with Crippen LogP contribution >= 0.6 is 0 Å². The molecule has 0 spiro atoms. The van der Waals surface area contributed by atoms with E-state index in [2.05, 4.69) is 29.2 Å². The highest BCUT2D eigenvalue weighted by molar-refractivity contribution is 5.75. The van der Waals surface area contributed by atoms with E-state index < -0.39 is 0 Å². The van der Waals surface area contributed by atoms with Gasteiger partial charge in [0.15, 0.2) is 11.5 Å². The minimum Gasteiger partial charge on any atom is -0.493 e. The molecular weight excluding hydrogens is 406 g/mol. The molecule has 6 nitrogen and oxygen atoms in total. The number of likely N-dealkylation sites (tertiary alicyclic amines) is 1. The molecule has 0 amide bonds. The molecule has 1 aliphatic rings. The zero-order chi connectivity index (χ0) is 22.8. The van der Waals surface area contributed by atoms with Gasteiger partial charge in [0.2, 0.25) is 5.75 Å². The molecule has 0 aliphatic carbocycles. The van der Waals surface area contributed by atoms with Gasteiger partial charge in [0.1, 0.15) is 6.04 Å². The van der Waals surface area contributed by atoms with Crippen molar-refractivity contribution in [2.75, 3.05) is 41.0 Å². The zero-order valence-corrected chi connectivity index (χ0v) is 19.5. The van der Waals surface area contributed by atoms with Crippen LogP contribution in [-0.2, 0) is 22.4 Å². The molecule has 174 valence electrons. The Kier molecular flexibility index (Phi) is 9.23. The Morgan fingerprint density at radius 3 is 2.31 bits per heavy atom. The second kappa shape index (κ2) is 12.3. The van der Waals surface area contributed by atoms with Gasteiger partial charge < -0.3 is 18.9 Å². The first-order valence-electron chi connectivity index (χ1n) is 11.4. The van der Waals surface area contributed by atoms with Gasteiger partial charge in [-0.2, -0.15) is 0 Å². The molecular formula is C26H35NO5. The van der Waals surface area contributed by atoms with Gasteiger partial charge >= 0.3 is 5.97 Å². The molecule has 0 radical (unpaired) electrons. The molecule has 0 bridgehead atoms. The summed E-state index contributed by atoms with van der Waals surface area (Å²) < 4.78 is 21.9. The minimum atomic E-state index is -0.131. The number of hydrogen-bond donors (Lipinski definition) is 0. The Morgan fingerprint density at radius 2 is 1.66 bits per heavy atom. The van der Waals surface area contributed by atoms with Crippen molar-refractivity contribution in [2.24, 2.45) is 0 Å². The molecule has 1 heterocycles. The SMILES string of the molecule is COc1cc(CCCOC(=O)C2CCCCN2CCc2ccccc2)cc(OC)c1OC. The Balaban J connectivity index is 1.49. The van der Waals surface area contributed by atoms with E-state index in [4.69, 9.17) is 18.9 Å². The maximum Gasteiger partial charge on any atom is 0.323 e. The van der Waals surface area contributed by atoms with Gasteiger partial charge in [-0.15, -0.1) is 0 Å². The van der Waals surface area contributed by atoms with Crippen LogP contribution in [0.1, 0.15) is 36.8 Å². The summed E-state index contributed by atoms with van der Waals surface area (Å²) in [6.45, 7) is 2.24. The Labute approximate surface area is 191 Å². The molecule has 2 aromatic carbocycles. The Bertz CT molecular complexity index is 830. The lowest BCUT2D eigenvalue weighted by atomic mass is 10.0. The summed E-state index contributed by atoms with van der Waals surface area (Å²) in [7, 11) is 4.81. The fourth-order valence-corrected chi connectivity index (χ4v) is 4.27. The number of rotatable bonds is 11. The summed E-state index contributed by atoms with van der Waals surface area (Å²) in [4.78, 5) is 15.1. The molecule has 2 aromatic rings. The predicted octanol–water partition coefficient (Wildman–Crippen LogP) is 4.29. The number of methoxy groups -OCH3 is 3. The van der Waals surface area contributed by atoms with Crippen molar-refractivity contribution in [3.8, 4) is 17.2 Å². The van der Waals surface area contributed by atoms with E-state index in [-0.39, 0.29) is 12.0 Å². The highest BCUT2D eigenvalue weighted by atomic mass is 16.5. The lowest BCUT2D eigenvalue weighted by Gasteiger charge is -2.34. The molecule has 3 rings (SSSR count). The van der Waals surface area contributed by atoms with Crippen molar-refractivity contribution >= 4 is 5.97 Å². The summed E-state index contributed by atoms with van der Waals surface area (Å²) in [5, 5.41) is 0. The molecule has 0 saturated carbocycles. The minimum absolute atomic E-state index is 0.0948. The second-order valence-corrected chi connectivity index (χ2v) is 8.09. The number of hydrogen-bond acceptors (Lipinski definition) is 6. The third-order valence-corrected chi connectivity index (χ3v) is 5.99. The first-order chi connectivity index (χ1) is 15.7. The van der Waals surface area contributed by atoms with Crippen molar-refractivity contribution < 1.29 is 23.7 Å². The van der Waals surface area contributed by atoms with E-state index in [1.165, 1.54) is 5.56 Å². The van der Waals surface area contributed by atoms with Gasteiger partial charge in [-0.1, -0.05) is 36.8 Å². The van der Waals surface area contributed by atoms with E-state index in [1.54, 1.807) is 21.3 Å². The molecule has 1 saturated heterocycles. The molecule has 1 aliphatic heterocycles. The maximum absolute atomic E-state index is 12.8. The van der Waals surface area contributed by atoms with Gasteiger partial charge in [-0.05, 0) is 61.9 Å². The lowest BCUT2D eigenvalue weighted by Crippen LogP contribution is -2.46. The first kappa shape index (κ1) is 23.9. The summed E-state index contributed by atoms with van der Waals surface area (Å²) in [6, 6.07) is 14.2. The van der Waals surface area contributed by atoms with Gasteiger partial charge in [-0.25, -0.2) is 0 Å². The van der Waals surface area contributed by atoms with Crippen LogP contribution < -0.4 is 14.2 Å². The maximum atomic E-state index is 12.8. The second-order valence-electron chi connectivity index (χ2n) is 8.09. The number of nitrogens with zero attached hydrogens (tertiary/aromatic N) is 1. The van der Waals surface area contributed by atoms with Crippen molar-refractivity contribution in [3.05, 3.63) is 53.6 Å². The average molecular weight is 442 g/mol. The topological polar surface area (TPSA) is 57.2 Å². The zero-order valence-electron chi connectivity index (χ0n) is 19.5. The lowest BCUT2D eigenvalue weighted by molar-refractivity contribution is -0.151. The number of piperidine rings is 1. The number of benzene rings is 2. The van der Waals surface area contributed by atoms with Crippen LogP contribution in [0.3, 0.4) is 0 Å². The molecule has 1 atom stereocenters. The first-order valence-corrected chi connectivity index (χ1v) is 11.4. The van der Waals surface area contributed by atoms with Crippen molar-refractivity contribution in [1.82, 2.24) is 4.90 Å². The molecule has 1 fully saturated rings. The largest absolute Gasteiger partial charge is 0.493 e. The molecule has 6 heteroatoms. The average Bonchev–Trinajstić information content (AvgIpc) is 2.85. The van der Waals surface area contributed by atoms with Gasteiger partial charge in [0.25, 0.3) is 0 Å². The number of aryl methyl sites for hydroxylation is 1. The van der Waals surface area contributed by atoms with Crippen LogP contribution in [0.15, 0.2) is 42.5 Å². The fraction of sp³-hybridized carbons (Fsp3) is 0.500. The van der Waals surface area contributed by atoms with Gasteiger partial charge in [0, 0.05) is 6.54 Å². The molecule has 1 unspecified atom stereocenters. The van der Waals surface area contributed by atoms with Crippen LogP contribution in [0.2, 0.25) is 0 Å².